The van der Waals surface area contributed by atoms with Crippen molar-refractivity contribution < 1.29 is 14.6 Å². The second kappa shape index (κ2) is 7.05. The summed E-state index contributed by atoms with van der Waals surface area (Å²) in [5.74, 6) is -0.888. The van der Waals surface area contributed by atoms with Crippen LogP contribution in [0, 0.1) is 13.8 Å². The number of rotatable bonds is 5. The molecule has 1 N–H and O–H groups in total. The Hall–Kier alpha value is -1.39. The first-order chi connectivity index (χ1) is 9.95. The smallest absolute Gasteiger partial charge is 0.329 e. The Bertz CT molecular complexity index is 473. The zero-order valence-electron chi connectivity index (χ0n) is 13.1. The second-order valence-electron chi connectivity index (χ2n) is 6.04. The molecule has 1 atom stereocenters. The highest BCUT2D eigenvalue weighted by molar-refractivity contribution is 5.68. The highest BCUT2D eigenvalue weighted by atomic mass is 16.5. The van der Waals surface area contributed by atoms with E-state index in [1.807, 2.05) is 0 Å². The fourth-order valence-corrected chi connectivity index (χ4v) is 3.08. The van der Waals surface area contributed by atoms with E-state index >= 15 is 0 Å². The molecule has 1 aromatic rings. The van der Waals surface area contributed by atoms with E-state index in [1.165, 1.54) is 16.7 Å². The van der Waals surface area contributed by atoms with Crippen molar-refractivity contribution in [2.45, 2.75) is 45.8 Å². The van der Waals surface area contributed by atoms with Crippen molar-refractivity contribution in [1.82, 2.24) is 4.90 Å². The normalized spacial score (nSPS) is 18.6. The van der Waals surface area contributed by atoms with E-state index in [9.17, 15) is 4.79 Å². The lowest BCUT2D eigenvalue weighted by atomic mass is 9.98. The first-order valence-corrected chi connectivity index (χ1v) is 7.61. The molecule has 1 aliphatic rings. The van der Waals surface area contributed by atoms with E-state index in [2.05, 4.69) is 43.9 Å². The largest absolute Gasteiger partial charge is 0.480 e. The van der Waals surface area contributed by atoms with Crippen LogP contribution < -0.4 is 0 Å². The van der Waals surface area contributed by atoms with E-state index in [1.54, 1.807) is 0 Å². The molecule has 21 heavy (non-hydrogen) atoms. The number of aryl methyl sites for hydroxylation is 2. The van der Waals surface area contributed by atoms with E-state index < -0.39 is 5.97 Å². The van der Waals surface area contributed by atoms with Crippen molar-refractivity contribution in [2.24, 2.45) is 0 Å². The van der Waals surface area contributed by atoms with Gasteiger partial charge in [0.15, 0.2) is 0 Å². The third kappa shape index (κ3) is 4.55. The monoisotopic (exact) mass is 291 g/mol. The van der Waals surface area contributed by atoms with Crippen molar-refractivity contribution in [3.63, 3.8) is 0 Å². The molecular formula is C17H25NO3. The maximum absolute atomic E-state index is 10.5. The molecule has 2 rings (SSSR count). The predicted octanol–water partition coefficient (Wildman–Crippen LogP) is 2.93. The number of carboxylic acids is 1. The van der Waals surface area contributed by atoms with Crippen molar-refractivity contribution in [1.29, 1.82) is 0 Å². The number of carboxylic acid groups (broad SMARTS) is 1. The molecule has 0 aliphatic carbocycles. The second-order valence-corrected chi connectivity index (χ2v) is 6.04. The van der Waals surface area contributed by atoms with Crippen LogP contribution in [0.15, 0.2) is 18.2 Å². The topological polar surface area (TPSA) is 49.8 Å². The Morgan fingerprint density at radius 3 is 2.38 bits per heavy atom. The Kier molecular flexibility index (Phi) is 5.37. The zero-order valence-corrected chi connectivity index (χ0v) is 13.1. The number of ether oxygens (including phenoxy) is 1. The minimum absolute atomic E-state index is 0.0868. The van der Waals surface area contributed by atoms with Crippen LogP contribution in [0.4, 0.5) is 0 Å². The molecule has 1 fully saturated rings. The van der Waals surface area contributed by atoms with Crippen LogP contribution in [0.5, 0.6) is 0 Å². The summed E-state index contributed by atoms with van der Waals surface area (Å²) >= 11 is 0. The Morgan fingerprint density at radius 2 is 1.86 bits per heavy atom. The molecule has 0 amide bonds. The molecular weight excluding hydrogens is 266 g/mol. The number of hydrogen-bond acceptors (Lipinski definition) is 3. The molecule has 4 heteroatoms. The van der Waals surface area contributed by atoms with Crippen LogP contribution in [0.25, 0.3) is 0 Å². The van der Waals surface area contributed by atoms with Gasteiger partial charge in [-0.3, -0.25) is 4.90 Å². The van der Waals surface area contributed by atoms with Crippen molar-refractivity contribution >= 4 is 5.97 Å². The summed E-state index contributed by atoms with van der Waals surface area (Å²) < 4.78 is 5.39. The highest BCUT2D eigenvalue weighted by Crippen LogP contribution is 2.26. The molecule has 0 saturated carbocycles. The van der Waals surface area contributed by atoms with E-state index in [-0.39, 0.29) is 12.7 Å². The number of nitrogens with zero attached hydrogens (tertiary/aromatic N) is 1. The van der Waals surface area contributed by atoms with Gasteiger partial charge in [0, 0.05) is 19.1 Å². The molecule has 0 aromatic heterocycles. The third-order valence-electron chi connectivity index (χ3n) is 4.19. The number of benzene rings is 1. The molecule has 4 nitrogen and oxygen atoms in total. The van der Waals surface area contributed by atoms with Gasteiger partial charge in [0.05, 0.1) is 6.10 Å². The fraction of sp³-hybridized carbons (Fsp3) is 0.588. The van der Waals surface area contributed by atoms with Crippen LogP contribution in [0.3, 0.4) is 0 Å². The van der Waals surface area contributed by atoms with Gasteiger partial charge in [-0.05, 0) is 39.2 Å². The summed E-state index contributed by atoms with van der Waals surface area (Å²) in [6.07, 6.45) is 1.90. The summed E-state index contributed by atoms with van der Waals surface area (Å²) in [5, 5.41) is 8.65. The number of hydrogen-bond donors (Lipinski definition) is 1. The quantitative estimate of drug-likeness (QED) is 0.906. The van der Waals surface area contributed by atoms with Gasteiger partial charge in [-0.1, -0.05) is 29.3 Å². The van der Waals surface area contributed by atoms with Gasteiger partial charge in [0.2, 0.25) is 0 Å². The molecule has 1 saturated heterocycles. The highest BCUT2D eigenvalue weighted by Gasteiger charge is 2.24. The van der Waals surface area contributed by atoms with Gasteiger partial charge in [-0.15, -0.1) is 0 Å². The lowest BCUT2D eigenvalue weighted by Crippen LogP contribution is -2.39. The lowest BCUT2D eigenvalue weighted by Gasteiger charge is -2.36. The minimum atomic E-state index is -0.888. The van der Waals surface area contributed by atoms with E-state index in [0.29, 0.717) is 6.04 Å². The number of piperidine rings is 1. The summed E-state index contributed by atoms with van der Waals surface area (Å²) in [6, 6.07) is 7.10. The minimum Gasteiger partial charge on any atom is -0.480 e. The van der Waals surface area contributed by atoms with Crippen molar-refractivity contribution in [3.8, 4) is 0 Å². The SMILES string of the molecule is Cc1cc(C)cc(C(C)N2CCC(OCC(=O)O)CC2)c1. The van der Waals surface area contributed by atoms with Crippen molar-refractivity contribution in [2.75, 3.05) is 19.7 Å². The summed E-state index contributed by atoms with van der Waals surface area (Å²) in [5.41, 5.74) is 3.96. The predicted molar refractivity (Wildman–Crippen MR) is 82.5 cm³/mol. The Labute approximate surface area is 126 Å². The molecule has 0 bridgehead atoms. The summed E-state index contributed by atoms with van der Waals surface area (Å²) in [6.45, 7) is 8.24. The standard InChI is InChI=1S/C17H25NO3/c1-12-8-13(2)10-15(9-12)14(3)18-6-4-16(5-7-18)21-11-17(19)20/h8-10,14,16H,4-7,11H2,1-3H3,(H,19,20). The van der Waals surface area contributed by atoms with Gasteiger partial charge in [0.1, 0.15) is 6.61 Å². The molecule has 1 aromatic carbocycles. The fourth-order valence-electron chi connectivity index (χ4n) is 3.08. The molecule has 116 valence electrons. The van der Waals surface area contributed by atoms with Crippen LogP contribution in [0.1, 0.15) is 42.5 Å². The van der Waals surface area contributed by atoms with Gasteiger partial charge in [-0.2, -0.15) is 0 Å². The molecule has 1 aliphatic heterocycles. The maximum atomic E-state index is 10.5. The Morgan fingerprint density at radius 1 is 1.29 bits per heavy atom. The van der Waals surface area contributed by atoms with E-state index in [0.717, 1.165) is 25.9 Å². The van der Waals surface area contributed by atoms with Gasteiger partial charge >= 0.3 is 5.97 Å². The van der Waals surface area contributed by atoms with Gasteiger partial charge in [-0.25, -0.2) is 4.79 Å². The Balaban J connectivity index is 1.90. The maximum Gasteiger partial charge on any atom is 0.329 e. The third-order valence-corrected chi connectivity index (χ3v) is 4.19. The summed E-state index contributed by atoms with van der Waals surface area (Å²) in [7, 11) is 0. The first-order valence-electron chi connectivity index (χ1n) is 7.61. The van der Waals surface area contributed by atoms with Gasteiger partial charge in [0.25, 0.3) is 0 Å². The molecule has 0 spiro atoms. The average molecular weight is 291 g/mol. The van der Waals surface area contributed by atoms with Gasteiger partial charge < -0.3 is 9.84 Å². The van der Waals surface area contributed by atoms with Crippen LogP contribution in [0.2, 0.25) is 0 Å². The van der Waals surface area contributed by atoms with Crippen LogP contribution >= 0.6 is 0 Å². The molecule has 1 unspecified atom stereocenters. The first kappa shape index (κ1) is 16.0. The zero-order chi connectivity index (χ0) is 15.4. The molecule has 1 heterocycles. The van der Waals surface area contributed by atoms with Crippen molar-refractivity contribution in [3.05, 3.63) is 34.9 Å². The molecule has 0 radical (unpaired) electrons. The number of likely N-dealkylation sites (tertiary alicyclic amines) is 1. The number of aliphatic carboxylic acids is 1. The number of carbonyl (C=O) groups is 1. The van der Waals surface area contributed by atoms with Crippen LogP contribution in [-0.4, -0.2) is 41.8 Å². The average Bonchev–Trinajstić information content (AvgIpc) is 2.44. The van der Waals surface area contributed by atoms with E-state index in [4.69, 9.17) is 9.84 Å². The summed E-state index contributed by atoms with van der Waals surface area (Å²) in [4.78, 5) is 13.0. The lowest BCUT2D eigenvalue weighted by molar-refractivity contribution is -0.145. The van der Waals surface area contributed by atoms with Crippen LogP contribution in [-0.2, 0) is 9.53 Å².